The lowest BCUT2D eigenvalue weighted by Gasteiger charge is -2.31. The zero-order valence-electron chi connectivity index (χ0n) is 11.5. The molecule has 2 heterocycles. The van der Waals surface area contributed by atoms with Crippen LogP contribution >= 0.6 is 0 Å². The predicted octanol–water partition coefficient (Wildman–Crippen LogP) is 2.38. The number of fused-ring (bicyclic) bond motifs is 1. The Labute approximate surface area is 116 Å². The topological polar surface area (TPSA) is 66.6 Å². The summed E-state index contributed by atoms with van der Waals surface area (Å²) in [5, 5.41) is 10.0. The highest BCUT2D eigenvalue weighted by molar-refractivity contribution is 6.05. The first kappa shape index (κ1) is 12.9. The lowest BCUT2D eigenvalue weighted by Crippen LogP contribution is -2.36. The van der Waals surface area contributed by atoms with E-state index in [-0.39, 0.29) is 11.7 Å². The van der Waals surface area contributed by atoms with Gasteiger partial charge in [0.25, 0.3) is 5.91 Å². The second kappa shape index (κ2) is 4.76. The van der Waals surface area contributed by atoms with Crippen molar-refractivity contribution in [2.45, 2.75) is 26.4 Å². The number of aliphatic hydroxyl groups is 1. The summed E-state index contributed by atoms with van der Waals surface area (Å²) in [7, 11) is 0. The minimum Gasteiger partial charge on any atom is -0.436 e. The fourth-order valence-electron chi connectivity index (χ4n) is 2.61. The van der Waals surface area contributed by atoms with Crippen molar-refractivity contribution in [3.63, 3.8) is 0 Å². The van der Waals surface area contributed by atoms with Crippen LogP contribution in [0.15, 0.2) is 28.7 Å². The molecule has 1 aliphatic heterocycles. The van der Waals surface area contributed by atoms with Crippen LogP contribution in [0.4, 0.5) is 5.69 Å². The molecule has 1 aromatic carbocycles. The number of aryl methyl sites for hydroxylation is 2. The van der Waals surface area contributed by atoms with Gasteiger partial charge in [0.1, 0.15) is 0 Å². The van der Waals surface area contributed by atoms with Crippen LogP contribution in [0.2, 0.25) is 0 Å². The number of hydrogen-bond acceptors (Lipinski definition) is 4. The molecule has 0 saturated carbocycles. The van der Waals surface area contributed by atoms with E-state index in [2.05, 4.69) is 4.98 Å². The molecule has 20 heavy (non-hydrogen) atoms. The highest BCUT2D eigenvalue weighted by Gasteiger charge is 2.30. The molecule has 0 aliphatic carbocycles. The van der Waals surface area contributed by atoms with Gasteiger partial charge in [0, 0.05) is 24.7 Å². The lowest BCUT2D eigenvalue weighted by atomic mass is 9.98. The van der Waals surface area contributed by atoms with E-state index < -0.39 is 6.10 Å². The van der Waals surface area contributed by atoms with Gasteiger partial charge < -0.3 is 14.4 Å². The number of anilines is 1. The lowest BCUT2D eigenvalue weighted by molar-refractivity contribution is 0.0942. The first-order valence-corrected chi connectivity index (χ1v) is 6.61. The zero-order chi connectivity index (χ0) is 14.3. The number of aromatic nitrogens is 1. The molecule has 1 amide bonds. The van der Waals surface area contributed by atoms with Gasteiger partial charge in [0.15, 0.2) is 5.89 Å². The van der Waals surface area contributed by atoms with E-state index in [1.54, 1.807) is 18.7 Å². The Hall–Kier alpha value is -2.14. The molecule has 1 N–H and O–H groups in total. The SMILES string of the molecule is Cc1nc(C)c(C(=O)N2CCC(O)c3ccccc32)o1. The molecular weight excluding hydrogens is 256 g/mol. The summed E-state index contributed by atoms with van der Waals surface area (Å²) < 4.78 is 5.41. The van der Waals surface area contributed by atoms with Gasteiger partial charge in [0.05, 0.1) is 11.8 Å². The van der Waals surface area contributed by atoms with E-state index in [4.69, 9.17) is 4.42 Å². The molecule has 0 fully saturated rings. The van der Waals surface area contributed by atoms with Crippen molar-refractivity contribution in [2.24, 2.45) is 0 Å². The maximum absolute atomic E-state index is 12.6. The summed E-state index contributed by atoms with van der Waals surface area (Å²) in [6.45, 7) is 3.95. The van der Waals surface area contributed by atoms with Crippen LogP contribution in [0.1, 0.15) is 40.2 Å². The number of para-hydroxylation sites is 1. The van der Waals surface area contributed by atoms with Gasteiger partial charge in [-0.15, -0.1) is 0 Å². The molecular formula is C15H16N2O3. The Morgan fingerprint density at radius 3 is 2.85 bits per heavy atom. The number of rotatable bonds is 1. The van der Waals surface area contributed by atoms with Gasteiger partial charge in [-0.1, -0.05) is 18.2 Å². The van der Waals surface area contributed by atoms with E-state index in [0.29, 0.717) is 24.6 Å². The maximum Gasteiger partial charge on any atom is 0.295 e. The summed E-state index contributed by atoms with van der Waals surface area (Å²) in [5.74, 6) is 0.548. The molecule has 0 radical (unpaired) electrons. The first-order chi connectivity index (χ1) is 9.58. The molecule has 2 aromatic rings. The molecule has 1 unspecified atom stereocenters. The maximum atomic E-state index is 12.6. The van der Waals surface area contributed by atoms with E-state index >= 15 is 0 Å². The van der Waals surface area contributed by atoms with Crippen LogP contribution in [-0.4, -0.2) is 22.5 Å². The molecule has 5 heteroatoms. The van der Waals surface area contributed by atoms with Crippen molar-refractivity contribution in [3.8, 4) is 0 Å². The molecule has 0 saturated heterocycles. The van der Waals surface area contributed by atoms with Gasteiger partial charge in [-0.25, -0.2) is 4.98 Å². The standard InChI is InChI=1S/C15H16N2O3/c1-9-14(20-10(2)16-9)15(19)17-8-7-13(18)11-5-3-4-6-12(11)17/h3-6,13,18H,7-8H2,1-2H3. The minimum atomic E-state index is -0.521. The largest absolute Gasteiger partial charge is 0.436 e. The van der Waals surface area contributed by atoms with Crippen LogP contribution in [0, 0.1) is 13.8 Å². The van der Waals surface area contributed by atoms with Crippen LogP contribution in [0.25, 0.3) is 0 Å². The van der Waals surface area contributed by atoms with Gasteiger partial charge in [-0.2, -0.15) is 0 Å². The smallest absolute Gasteiger partial charge is 0.295 e. The number of carbonyl (C=O) groups excluding carboxylic acids is 1. The molecule has 0 spiro atoms. The third-order valence-electron chi connectivity index (χ3n) is 3.56. The number of oxazole rings is 1. The summed E-state index contributed by atoms with van der Waals surface area (Å²) in [4.78, 5) is 18.4. The van der Waals surface area contributed by atoms with Gasteiger partial charge in [-0.05, 0) is 19.4 Å². The zero-order valence-corrected chi connectivity index (χ0v) is 11.5. The second-order valence-corrected chi connectivity index (χ2v) is 4.97. The fraction of sp³-hybridized carbons (Fsp3) is 0.333. The molecule has 1 atom stereocenters. The number of aliphatic hydroxyl groups excluding tert-OH is 1. The average molecular weight is 272 g/mol. The fourth-order valence-corrected chi connectivity index (χ4v) is 2.61. The Bertz CT molecular complexity index is 663. The van der Waals surface area contributed by atoms with Crippen molar-refractivity contribution in [2.75, 3.05) is 11.4 Å². The van der Waals surface area contributed by atoms with E-state index in [9.17, 15) is 9.90 Å². The van der Waals surface area contributed by atoms with E-state index in [0.717, 1.165) is 11.3 Å². The molecule has 5 nitrogen and oxygen atoms in total. The molecule has 104 valence electrons. The van der Waals surface area contributed by atoms with Crippen molar-refractivity contribution in [3.05, 3.63) is 47.2 Å². The van der Waals surface area contributed by atoms with E-state index in [1.165, 1.54) is 0 Å². The number of amides is 1. The van der Waals surface area contributed by atoms with Gasteiger partial charge in [0.2, 0.25) is 5.76 Å². The summed E-state index contributed by atoms with van der Waals surface area (Å²) in [6.07, 6.45) is 0.00219. The number of benzene rings is 1. The Morgan fingerprint density at radius 1 is 1.40 bits per heavy atom. The Morgan fingerprint density at radius 2 is 2.15 bits per heavy atom. The predicted molar refractivity (Wildman–Crippen MR) is 73.7 cm³/mol. The molecule has 1 aliphatic rings. The van der Waals surface area contributed by atoms with Crippen molar-refractivity contribution < 1.29 is 14.3 Å². The van der Waals surface area contributed by atoms with Crippen LogP contribution in [0.5, 0.6) is 0 Å². The van der Waals surface area contributed by atoms with Crippen LogP contribution < -0.4 is 4.90 Å². The first-order valence-electron chi connectivity index (χ1n) is 6.61. The quantitative estimate of drug-likeness (QED) is 0.865. The highest BCUT2D eigenvalue weighted by Crippen LogP contribution is 2.34. The van der Waals surface area contributed by atoms with Crippen molar-refractivity contribution >= 4 is 11.6 Å². The summed E-state index contributed by atoms with van der Waals surface area (Å²) in [6, 6.07) is 7.40. The number of hydrogen-bond donors (Lipinski definition) is 1. The average Bonchev–Trinajstić information content (AvgIpc) is 2.78. The van der Waals surface area contributed by atoms with Gasteiger partial charge in [-0.3, -0.25) is 4.79 Å². The van der Waals surface area contributed by atoms with Crippen LogP contribution in [0.3, 0.4) is 0 Å². The molecule has 3 rings (SSSR count). The third-order valence-corrected chi connectivity index (χ3v) is 3.56. The molecule has 0 bridgehead atoms. The number of carbonyl (C=O) groups is 1. The normalized spacial score (nSPS) is 17.9. The Kier molecular flexibility index (Phi) is 3.06. The second-order valence-electron chi connectivity index (χ2n) is 4.97. The molecule has 1 aromatic heterocycles. The van der Waals surface area contributed by atoms with Gasteiger partial charge >= 0.3 is 0 Å². The van der Waals surface area contributed by atoms with Crippen molar-refractivity contribution in [1.82, 2.24) is 4.98 Å². The minimum absolute atomic E-state index is 0.206. The number of nitrogens with zero attached hydrogens (tertiary/aromatic N) is 2. The summed E-state index contributed by atoms with van der Waals surface area (Å²) in [5.41, 5.74) is 2.11. The van der Waals surface area contributed by atoms with Crippen LogP contribution in [-0.2, 0) is 0 Å². The summed E-state index contributed by atoms with van der Waals surface area (Å²) >= 11 is 0. The third kappa shape index (κ3) is 2.00. The monoisotopic (exact) mass is 272 g/mol. The Balaban J connectivity index is 2.01. The van der Waals surface area contributed by atoms with Crippen molar-refractivity contribution in [1.29, 1.82) is 0 Å². The highest BCUT2D eigenvalue weighted by atomic mass is 16.4. The van der Waals surface area contributed by atoms with E-state index in [1.807, 2.05) is 24.3 Å².